The summed E-state index contributed by atoms with van der Waals surface area (Å²) in [6.45, 7) is 2.51. The maximum absolute atomic E-state index is 12.7. The summed E-state index contributed by atoms with van der Waals surface area (Å²) in [6.07, 6.45) is 0.636. The summed E-state index contributed by atoms with van der Waals surface area (Å²) in [7, 11) is 3.45. The standard InChI is InChI=1S/C19H20BrNO3/c1-4-24-18-10-12(5-8-17(18)23-3)9-15-14-11-13(20)6-7-16(14)21(2)19(15)22/h5-8,10-11,15H,4,9H2,1-3H3. The normalized spacial score (nSPS) is 16.2. The van der Waals surface area contributed by atoms with Crippen molar-refractivity contribution in [1.29, 1.82) is 0 Å². The Morgan fingerprint density at radius 1 is 1.17 bits per heavy atom. The highest BCUT2D eigenvalue weighted by Crippen LogP contribution is 2.40. The fourth-order valence-corrected chi connectivity index (χ4v) is 3.52. The Morgan fingerprint density at radius 3 is 2.67 bits per heavy atom. The number of ether oxygens (including phenoxy) is 2. The molecular formula is C19H20BrNO3. The zero-order valence-electron chi connectivity index (χ0n) is 14.0. The first-order valence-corrected chi connectivity index (χ1v) is 8.71. The third-order valence-electron chi connectivity index (χ3n) is 4.32. The summed E-state index contributed by atoms with van der Waals surface area (Å²) in [5.41, 5.74) is 3.09. The van der Waals surface area contributed by atoms with Gasteiger partial charge >= 0.3 is 0 Å². The van der Waals surface area contributed by atoms with Crippen molar-refractivity contribution >= 4 is 27.5 Å². The number of amides is 1. The highest BCUT2D eigenvalue weighted by atomic mass is 79.9. The van der Waals surface area contributed by atoms with Crippen molar-refractivity contribution < 1.29 is 14.3 Å². The van der Waals surface area contributed by atoms with Crippen molar-refractivity contribution in [2.75, 3.05) is 25.7 Å². The molecule has 0 spiro atoms. The van der Waals surface area contributed by atoms with Crippen molar-refractivity contribution in [3.8, 4) is 11.5 Å². The van der Waals surface area contributed by atoms with Crippen LogP contribution in [0, 0.1) is 0 Å². The van der Waals surface area contributed by atoms with Gasteiger partial charge in [0.05, 0.1) is 19.6 Å². The number of likely N-dealkylation sites (N-methyl/N-ethyl adjacent to an activating group) is 1. The summed E-state index contributed by atoms with van der Waals surface area (Å²) >= 11 is 3.50. The van der Waals surface area contributed by atoms with Crippen molar-refractivity contribution in [2.24, 2.45) is 0 Å². The van der Waals surface area contributed by atoms with Crippen LogP contribution >= 0.6 is 15.9 Å². The van der Waals surface area contributed by atoms with E-state index in [-0.39, 0.29) is 11.8 Å². The molecule has 4 nitrogen and oxygen atoms in total. The van der Waals surface area contributed by atoms with Gasteiger partial charge < -0.3 is 14.4 Å². The predicted octanol–water partition coefficient (Wildman–Crippen LogP) is 4.16. The summed E-state index contributed by atoms with van der Waals surface area (Å²) < 4.78 is 12.0. The molecule has 0 aromatic heterocycles. The molecule has 0 bridgehead atoms. The number of fused-ring (bicyclic) bond motifs is 1. The van der Waals surface area contributed by atoms with E-state index >= 15 is 0 Å². The van der Waals surface area contributed by atoms with Gasteiger partial charge in [-0.25, -0.2) is 0 Å². The Morgan fingerprint density at radius 2 is 1.96 bits per heavy atom. The van der Waals surface area contributed by atoms with E-state index in [4.69, 9.17) is 9.47 Å². The van der Waals surface area contributed by atoms with Gasteiger partial charge in [0.2, 0.25) is 5.91 Å². The number of hydrogen-bond acceptors (Lipinski definition) is 3. The molecule has 0 aliphatic carbocycles. The number of carbonyl (C=O) groups is 1. The Hall–Kier alpha value is -2.01. The smallest absolute Gasteiger partial charge is 0.234 e. The quantitative estimate of drug-likeness (QED) is 0.770. The van der Waals surface area contributed by atoms with E-state index in [2.05, 4.69) is 15.9 Å². The molecule has 2 aromatic carbocycles. The van der Waals surface area contributed by atoms with Gasteiger partial charge in [-0.15, -0.1) is 0 Å². The molecule has 0 saturated heterocycles. The molecule has 2 aromatic rings. The molecule has 0 fully saturated rings. The number of benzene rings is 2. The zero-order valence-corrected chi connectivity index (χ0v) is 15.6. The Kier molecular flexibility index (Phi) is 4.81. The fourth-order valence-electron chi connectivity index (χ4n) is 3.14. The minimum absolute atomic E-state index is 0.122. The second-order valence-electron chi connectivity index (χ2n) is 5.78. The van der Waals surface area contributed by atoms with Crippen LogP contribution in [0.15, 0.2) is 40.9 Å². The second kappa shape index (κ2) is 6.85. The van der Waals surface area contributed by atoms with Gasteiger partial charge in [0, 0.05) is 17.2 Å². The van der Waals surface area contributed by atoms with E-state index in [1.807, 2.05) is 50.4 Å². The lowest BCUT2D eigenvalue weighted by molar-refractivity contribution is -0.119. The van der Waals surface area contributed by atoms with Crippen LogP contribution in [0.2, 0.25) is 0 Å². The van der Waals surface area contributed by atoms with E-state index in [0.717, 1.165) is 21.3 Å². The second-order valence-corrected chi connectivity index (χ2v) is 6.69. The summed E-state index contributed by atoms with van der Waals surface area (Å²) in [5, 5.41) is 0. The molecule has 1 heterocycles. The van der Waals surface area contributed by atoms with E-state index < -0.39 is 0 Å². The first-order valence-electron chi connectivity index (χ1n) is 7.92. The zero-order chi connectivity index (χ0) is 17.3. The van der Waals surface area contributed by atoms with Crippen LogP contribution in [-0.2, 0) is 11.2 Å². The number of rotatable bonds is 5. The first-order chi connectivity index (χ1) is 11.5. The summed E-state index contributed by atoms with van der Waals surface area (Å²) in [4.78, 5) is 14.4. The van der Waals surface area contributed by atoms with E-state index in [1.54, 1.807) is 12.0 Å². The van der Waals surface area contributed by atoms with Crippen LogP contribution in [0.25, 0.3) is 0 Å². The molecular weight excluding hydrogens is 370 g/mol. The van der Waals surface area contributed by atoms with Crippen molar-refractivity contribution in [2.45, 2.75) is 19.3 Å². The highest BCUT2D eigenvalue weighted by Gasteiger charge is 2.35. The number of methoxy groups -OCH3 is 1. The molecule has 0 radical (unpaired) electrons. The Bertz CT molecular complexity index is 775. The molecule has 0 saturated carbocycles. The van der Waals surface area contributed by atoms with Crippen molar-refractivity contribution in [3.05, 3.63) is 52.0 Å². The average Bonchev–Trinajstić information content (AvgIpc) is 2.80. The topological polar surface area (TPSA) is 38.8 Å². The SMILES string of the molecule is CCOc1cc(CC2C(=O)N(C)c3ccc(Br)cc32)ccc1OC. The molecule has 5 heteroatoms. The van der Waals surface area contributed by atoms with Crippen LogP contribution in [0.4, 0.5) is 5.69 Å². The number of carbonyl (C=O) groups excluding carboxylic acids is 1. The molecule has 1 aliphatic rings. The molecule has 0 N–H and O–H groups in total. The third kappa shape index (κ3) is 3.00. The molecule has 1 unspecified atom stereocenters. The van der Waals surface area contributed by atoms with Gasteiger partial charge in [0.15, 0.2) is 11.5 Å². The summed E-state index contributed by atoms with van der Waals surface area (Å²) in [6, 6.07) is 11.8. The van der Waals surface area contributed by atoms with E-state index in [0.29, 0.717) is 24.5 Å². The first kappa shape index (κ1) is 16.8. The highest BCUT2D eigenvalue weighted by molar-refractivity contribution is 9.10. The average molecular weight is 390 g/mol. The van der Waals surface area contributed by atoms with Crippen molar-refractivity contribution in [1.82, 2.24) is 0 Å². The molecule has 126 valence electrons. The number of halogens is 1. The fraction of sp³-hybridized carbons (Fsp3) is 0.316. The van der Waals surface area contributed by atoms with Crippen molar-refractivity contribution in [3.63, 3.8) is 0 Å². The minimum Gasteiger partial charge on any atom is -0.493 e. The Balaban J connectivity index is 1.93. The third-order valence-corrected chi connectivity index (χ3v) is 4.82. The van der Waals surface area contributed by atoms with Crippen LogP contribution < -0.4 is 14.4 Å². The maximum Gasteiger partial charge on any atom is 0.234 e. The Labute approximate surface area is 150 Å². The lowest BCUT2D eigenvalue weighted by Gasteiger charge is -2.14. The van der Waals surface area contributed by atoms with Crippen LogP contribution in [0.5, 0.6) is 11.5 Å². The largest absolute Gasteiger partial charge is 0.493 e. The van der Waals surface area contributed by atoms with Crippen LogP contribution in [0.1, 0.15) is 24.0 Å². The molecule has 24 heavy (non-hydrogen) atoms. The molecule has 3 rings (SSSR count). The van der Waals surface area contributed by atoms with Gasteiger partial charge in [0.25, 0.3) is 0 Å². The van der Waals surface area contributed by atoms with E-state index in [1.165, 1.54) is 0 Å². The van der Waals surface area contributed by atoms with Crippen LogP contribution in [0.3, 0.4) is 0 Å². The maximum atomic E-state index is 12.7. The lowest BCUT2D eigenvalue weighted by atomic mass is 9.93. The monoisotopic (exact) mass is 389 g/mol. The van der Waals surface area contributed by atoms with Gasteiger partial charge in [-0.2, -0.15) is 0 Å². The predicted molar refractivity (Wildman–Crippen MR) is 98.2 cm³/mol. The minimum atomic E-state index is -0.176. The van der Waals surface area contributed by atoms with Gasteiger partial charge in [0.1, 0.15) is 0 Å². The van der Waals surface area contributed by atoms with E-state index in [9.17, 15) is 4.79 Å². The molecule has 1 atom stereocenters. The molecule has 1 amide bonds. The van der Waals surface area contributed by atoms with Gasteiger partial charge in [-0.1, -0.05) is 22.0 Å². The number of nitrogens with zero attached hydrogens (tertiary/aromatic N) is 1. The number of hydrogen-bond donors (Lipinski definition) is 0. The summed E-state index contributed by atoms with van der Waals surface area (Å²) in [5.74, 6) is 1.37. The lowest BCUT2D eigenvalue weighted by Crippen LogP contribution is -2.24. The van der Waals surface area contributed by atoms with Crippen LogP contribution in [-0.4, -0.2) is 26.7 Å². The number of anilines is 1. The van der Waals surface area contributed by atoms with Gasteiger partial charge in [-0.05, 0) is 54.8 Å². The van der Waals surface area contributed by atoms with Gasteiger partial charge in [-0.3, -0.25) is 4.79 Å². The molecule has 1 aliphatic heterocycles.